The molecule has 0 bridgehead atoms. The van der Waals surface area contributed by atoms with Gasteiger partial charge in [0.15, 0.2) is 21.3 Å². The highest BCUT2D eigenvalue weighted by molar-refractivity contribution is 7.91. The van der Waals surface area contributed by atoms with Crippen molar-refractivity contribution in [1.29, 1.82) is 0 Å². The van der Waals surface area contributed by atoms with E-state index in [9.17, 15) is 13.2 Å². The Morgan fingerprint density at radius 2 is 1.70 bits per heavy atom. The van der Waals surface area contributed by atoms with Crippen molar-refractivity contribution >= 4 is 15.7 Å². The van der Waals surface area contributed by atoms with E-state index in [0.717, 1.165) is 22.3 Å². The molecular formula is C23H24N2O4S. The molecule has 4 rings (SSSR count). The minimum absolute atomic E-state index is 0.0206. The minimum Gasteiger partial charge on any atom is -0.355 e. The van der Waals surface area contributed by atoms with Crippen LogP contribution in [0.2, 0.25) is 0 Å². The van der Waals surface area contributed by atoms with E-state index in [1.54, 1.807) is 11.0 Å². The molecule has 7 heteroatoms. The van der Waals surface area contributed by atoms with Gasteiger partial charge < -0.3 is 9.42 Å². The van der Waals surface area contributed by atoms with E-state index in [2.05, 4.69) is 5.16 Å². The standard InChI is InChI=1S/C23H24N2O4S/c1-16-3-7-18(8-4-16)14-25(20-11-12-30(27,28)15-20)23(26)21-13-22(29-24-21)19-9-5-17(2)6-10-19/h3-10,13,20H,11-12,14-15H2,1-2H3. The molecule has 0 spiro atoms. The summed E-state index contributed by atoms with van der Waals surface area (Å²) in [6.07, 6.45) is 0.433. The molecule has 0 N–H and O–H groups in total. The summed E-state index contributed by atoms with van der Waals surface area (Å²) in [7, 11) is -3.13. The Kier molecular flexibility index (Phi) is 5.47. The molecule has 0 radical (unpaired) electrons. The molecular weight excluding hydrogens is 400 g/mol. The fraction of sp³-hybridized carbons (Fsp3) is 0.304. The Hall–Kier alpha value is -2.93. The quantitative estimate of drug-likeness (QED) is 0.623. The van der Waals surface area contributed by atoms with Gasteiger partial charge >= 0.3 is 0 Å². The number of carbonyl (C=O) groups is 1. The van der Waals surface area contributed by atoms with Crippen molar-refractivity contribution in [3.63, 3.8) is 0 Å². The second-order valence-corrected chi connectivity index (χ2v) is 10.1. The molecule has 0 aliphatic carbocycles. The van der Waals surface area contributed by atoms with Crippen LogP contribution in [0.15, 0.2) is 59.1 Å². The van der Waals surface area contributed by atoms with Gasteiger partial charge in [-0.2, -0.15) is 0 Å². The first-order chi connectivity index (χ1) is 14.3. The fourth-order valence-electron chi connectivity index (χ4n) is 3.66. The predicted octanol–water partition coefficient (Wildman–Crippen LogP) is 3.79. The number of aromatic nitrogens is 1. The molecule has 1 amide bonds. The number of nitrogens with zero attached hydrogens (tertiary/aromatic N) is 2. The lowest BCUT2D eigenvalue weighted by Crippen LogP contribution is -2.40. The van der Waals surface area contributed by atoms with Crippen molar-refractivity contribution in [2.24, 2.45) is 0 Å². The second-order valence-electron chi connectivity index (χ2n) is 7.92. The van der Waals surface area contributed by atoms with Crippen LogP contribution in [0.25, 0.3) is 11.3 Å². The average Bonchev–Trinajstić information content (AvgIpc) is 3.34. The lowest BCUT2D eigenvalue weighted by molar-refractivity contribution is 0.0670. The molecule has 1 saturated heterocycles. The van der Waals surface area contributed by atoms with Crippen LogP contribution in [0.3, 0.4) is 0 Å². The highest BCUT2D eigenvalue weighted by Gasteiger charge is 2.36. The van der Waals surface area contributed by atoms with Crippen molar-refractivity contribution < 1.29 is 17.7 Å². The molecule has 3 aromatic rings. The Balaban J connectivity index is 1.62. The largest absolute Gasteiger partial charge is 0.355 e. The number of amides is 1. The maximum Gasteiger partial charge on any atom is 0.276 e. The summed E-state index contributed by atoms with van der Waals surface area (Å²) in [6, 6.07) is 16.9. The summed E-state index contributed by atoms with van der Waals surface area (Å²) >= 11 is 0. The molecule has 1 aliphatic heterocycles. The van der Waals surface area contributed by atoms with Crippen LogP contribution in [0, 0.1) is 13.8 Å². The van der Waals surface area contributed by atoms with Gasteiger partial charge in [-0.15, -0.1) is 0 Å². The first kappa shape index (κ1) is 20.3. The van der Waals surface area contributed by atoms with Gasteiger partial charge in [0.2, 0.25) is 0 Å². The predicted molar refractivity (Wildman–Crippen MR) is 115 cm³/mol. The van der Waals surface area contributed by atoms with Crippen molar-refractivity contribution in [3.8, 4) is 11.3 Å². The number of rotatable bonds is 5. The molecule has 1 unspecified atom stereocenters. The Morgan fingerprint density at radius 3 is 2.30 bits per heavy atom. The van der Waals surface area contributed by atoms with Gasteiger partial charge in [-0.05, 0) is 25.8 Å². The van der Waals surface area contributed by atoms with E-state index >= 15 is 0 Å². The van der Waals surface area contributed by atoms with Gasteiger partial charge in [-0.3, -0.25) is 4.79 Å². The molecule has 1 atom stereocenters. The third kappa shape index (κ3) is 4.46. The van der Waals surface area contributed by atoms with Gasteiger partial charge in [0.25, 0.3) is 5.91 Å². The Bertz CT molecular complexity index is 1150. The monoisotopic (exact) mass is 424 g/mol. The summed E-state index contributed by atoms with van der Waals surface area (Å²) in [5.41, 5.74) is 4.21. The first-order valence-corrected chi connectivity index (χ1v) is 11.7. The third-order valence-corrected chi connectivity index (χ3v) is 7.20. The normalized spacial score (nSPS) is 17.7. The van der Waals surface area contributed by atoms with Crippen molar-refractivity contribution in [1.82, 2.24) is 10.1 Å². The zero-order valence-electron chi connectivity index (χ0n) is 17.0. The molecule has 6 nitrogen and oxygen atoms in total. The average molecular weight is 425 g/mol. The van der Waals surface area contributed by atoms with Gasteiger partial charge in [0.05, 0.1) is 11.5 Å². The van der Waals surface area contributed by atoms with Crippen LogP contribution in [0.4, 0.5) is 0 Å². The Labute approximate surface area is 176 Å². The summed E-state index contributed by atoms with van der Waals surface area (Å²) in [6.45, 7) is 4.32. The van der Waals surface area contributed by atoms with Crippen LogP contribution in [-0.2, 0) is 16.4 Å². The second kappa shape index (κ2) is 8.07. The maximum absolute atomic E-state index is 13.3. The fourth-order valence-corrected chi connectivity index (χ4v) is 5.39. The van der Waals surface area contributed by atoms with Gasteiger partial charge in [-0.25, -0.2) is 8.42 Å². The lowest BCUT2D eigenvalue weighted by Gasteiger charge is -2.27. The van der Waals surface area contributed by atoms with E-state index in [0.29, 0.717) is 18.7 Å². The summed E-state index contributed by atoms with van der Waals surface area (Å²) in [4.78, 5) is 14.9. The maximum atomic E-state index is 13.3. The molecule has 2 aromatic carbocycles. The first-order valence-electron chi connectivity index (χ1n) is 9.91. The topological polar surface area (TPSA) is 80.5 Å². The van der Waals surface area contributed by atoms with Crippen LogP contribution in [0.1, 0.15) is 33.6 Å². The highest BCUT2D eigenvalue weighted by atomic mass is 32.2. The molecule has 2 heterocycles. The number of hydrogen-bond acceptors (Lipinski definition) is 5. The molecule has 0 saturated carbocycles. The number of benzene rings is 2. The van der Waals surface area contributed by atoms with Crippen LogP contribution in [-0.4, -0.2) is 41.9 Å². The number of carbonyl (C=O) groups excluding carboxylic acids is 1. The van der Waals surface area contributed by atoms with E-state index < -0.39 is 9.84 Å². The summed E-state index contributed by atoms with van der Waals surface area (Å²) < 4.78 is 29.5. The zero-order chi connectivity index (χ0) is 21.3. The minimum atomic E-state index is -3.13. The molecule has 1 fully saturated rings. The van der Waals surface area contributed by atoms with Gasteiger partial charge in [0.1, 0.15) is 0 Å². The summed E-state index contributed by atoms with van der Waals surface area (Å²) in [5, 5.41) is 3.98. The molecule has 1 aliphatic rings. The van der Waals surface area contributed by atoms with E-state index in [1.165, 1.54) is 0 Å². The lowest BCUT2D eigenvalue weighted by atomic mass is 10.1. The highest BCUT2D eigenvalue weighted by Crippen LogP contribution is 2.25. The molecule has 1 aromatic heterocycles. The van der Waals surface area contributed by atoms with Crippen LogP contribution >= 0.6 is 0 Å². The van der Waals surface area contributed by atoms with E-state index in [-0.39, 0.29) is 29.1 Å². The van der Waals surface area contributed by atoms with Gasteiger partial charge in [0, 0.05) is 24.2 Å². The Morgan fingerprint density at radius 1 is 1.07 bits per heavy atom. The molecule has 30 heavy (non-hydrogen) atoms. The number of hydrogen-bond donors (Lipinski definition) is 0. The van der Waals surface area contributed by atoms with Crippen molar-refractivity contribution in [2.45, 2.75) is 32.9 Å². The third-order valence-electron chi connectivity index (χ3n) is 5.45. The van der Waals surface area contributed by atoms with Crippen molar-refractivity contribution in [2.75, 3.05) is 11.5 Å². The van der Waals surface area contributed by atoms with E-state index in [1.807, 2.05) is 62.4 Å². The molecule has 156 valence electrons. The van der Waals surface area contributed by atoms with E-state index in [4.69, 9.17) is 4.52 Å². The number of aryl methyl sites for hydroxylation is 2. The van der Waals surface area contributed by atoms with Crippen molar-refractivity contribution in [3.05, 3.63) is 77.0 Å². The van der Waals surface area contributed by atoms with Crippen LogP contribution < -0.4 is 0 Å². The number of sulfone groups is 1. The zero-order valence-corrected chi connectivity index (χ0v) is 17.9. The van der Waals surface area contributed by atoms with Crippen LogP contribution in [0.5, 0.6) is 0 Å². The summed E-state index contributed by atoms with van der Waals surface area (Å²) in [5.74, 6) is 0.267. The SMILES string of the molecule is Cc1ccc(CN(C(=O)c2cc(-c3ccc(C)cc3)on2)C2CCS(=O)(=O)C2)cc1. The smallest absolute Gasteiger partial charge is 0.276 e. The van der Waals surface area contributed by atoms with Gasteiger partial charge in [-0.1, -0.05) is 64.8 Å².